The molecule has 1 aliphatic rings. The first-order valence-electron chi connectivity index (χ1n) is 17.1. The number of hydrogen-bond acceptors (Lipinski definition) is 4. The highest BCUT2D eigenvalue weighted by Gasteiger charge is 2.18. The van der Waals surface area contributed by atoms with Crippen molar-refractivity contribution in [1.29, 1.82) is 0 Å². The number of allylic oxidation sites excluding steroid dienone is 1. The van der Waals surface area contributed by atoms with E-state index in [1.807, 2.05) is 22.7 Å². The summed E-state index contributed by atoms with van der Waals surface area (Å²) in [7, 11) is 0. The Balaban J connectivity index is 0.988. The van der Waals surface area contributed by atoms with Crippen molar-refractivity contribution in [3.05, 3.63) is 138 Å². The third kappa shape index (κ3) is 3.78. The molecule has 0 N–H and O–H groups in total. The van der Waals surface area contributed by atoms with Crippen molar-refractivity contribution in [1.82, 2.24) is 0 Å². The summed E-state index contributed by atoms with van der Waals surface area (Å²) in [6, 6.07) is 44.4. The SMILES string of the molecule is C1=Cc2c(sc3ccc(-c4ccc5c(c4)oc4ccc6c(ccc7oc8cc(-c9ccc%10sc%11ccccc%11c%10c9)ccc8c76)c45)cc23)CC1. The van der Waals surface area contributed by atoms with Gasteiger partial charge in [0.25, 0.3) is 0 Å². The van der Waals surface area contributed by atoms with Crippen molar-refractivity contribution < 1.29 is 8.83 Å². The van der Waals surface area contributed by atoms with Gasteiger partial charge in [0, 0.05) is 56.7 Å². The molecular formula is C46H26O2S2. The molecular weight excluding hydrogens is 649 g/mol. The maximum absolute atomic E-state index is 6.55. The van der Waals surface area contributed by atoms with E-state index in [4.69, 9.17) is 8.83 Å². The second kappa shape index (κ2) is 9.95. The lowest BCUT2D eigenvalue weighted by Crippen LogP contribution is -1.87. The minimum absolute atomic E-state index is 0.902. The van der Waals surface area contributed by atoms with E-state index in [0.717, 1.165) is 62.3 Å². The number of thiophene rings is 2. The molecule has 0 fully saturated rings. The Labute approximate surface area is 294 Å². The fourth-order valence-electron chi connectivity index (χ4n) is 8.35. The van der Waals surface area contributed by atoms with Gasteiger partial charge in [-0.05, 0) is 130 Å². The summed E-state index contributed by atoms with van der Waals surface area (Å²) in [5.74, 6) is 0. The predicted octanol–water partition coefficient (Wildman–Crippen LogP) is 14.5. The molecule has 4 heterocycles. The van der Waals surface area contributed by atoms with Gasteiger partial charge in [0.05, 0.1) is 0 Å². The van der Waals surface area contributed by atoms with Crippen LogP contribution in [0.5, 0.6) is 0 Å². The van der Waals surface area contributed by atoms with Crippen LogP contribution in [0.4, 0.5) is 0 Å². The standard InChI is InChI=1S/C46H26O2S2/c1-3-7-41-29(5-1)35-21-25(11-19-43(35)49-41)27-9-13-33-39(23-27)47-37-17-15-32-31(45(33)37)16-18-38-46(32)34-14-10-28(24-40(34)48-38)26-12-20-44-36(22-26)30-6-2-4-8-42(30)50-44/h1-3,5-7,9-24H,4,8H2. The average molecular weight is 675 g/mol. The first-order valence-corrected chi connectivity index (χ1v) is 18.8. The summed E-state index contributed by atoms with van der Waals surface area (Å²) in [5, 5.41) is 10.9. The molecule has 1 aliphatic carbocycles. The fourth-order valence-corrected chi connectivity index (χ4v) is 10.6. The average Bonchev–Trinajstić information content (AvgIpc) is 3.93. The largest absolute Gasteiger partial charge is 0.456 e. The topological polar surface area (TPSA) is 26.3 Å². The van der Waals surface area contributed by atoms with Crippen molar-refractivity contribution in [3.63, 3.8) is 0 Å². The Morgan fingerprint density at radius 2 is 0.980 bits per heavy atom. The van der Waals surface area contributed by atoms with Crippen molar-refractivity contribution in [2.75, 3.05) is 0 Å². The summed E-state index contributed by atoms with van der Waals surface area (Å²) in [6.45, 7) is 0. The number of aryl methyl sites for hydroxylation is 1. The lowest BCUT2D eigenvalue weighted by atomic mass is 9.96. The molecule has 0 aliphatic heterocycles. The van der Waals surface area contributed by atoms with E-state index in [0.29, 0.717) is 0 Å². The molecule has 0 amide bonds. The number of hydrogen-bond donors (Lipinski definition) is 0. The normalized spacial score (nSPS) is 13.4. The van der Waals surface area contributed by atoms with Crippen molar-refractivity contribution in [2.45, 2.75) is 12.8 Å². The highest BCUT2D eigenvalue weighted by molar-refractivity contribution is 7.25. The van der Waals surface area contributed by atoms with E-state index in [1.54, 1.807) is 0 Å². The Morgan fingerprint density at radius 3 is 1.68 bits per heavy atom. The Morgan fingerprint density at radius 1 is 0.420 bits per heavy atom. The van der Waals surface area contributed by atoms with Crippen LogP contribution < -0.4 is 0 Å². The van der Waals surface area contributed by atoms with Crippen LogP contribution in [0.25, 0.3) is 113 Å². The van der Waals surface area contributed by atoms with E-state index in [1.165, 1.54) is 68.2 Å². The smallest absolute Gasteiger partial charge is 0.136 e. The molecule has 0 spiro atoms. The fraction of sp³-hybridized carbons (Fsp3) is 0.0435. The molecule has 0 unspecified atom stereocenters. The van der Waals surface area contributed by atoms with Gasteiger partial charge in [0.2, 0.25) is 0 Å². The molecule has 12 rings (SSSR count). The summed E-state index contributed by atoms with van der Waals surface area (Å²) >= 11 is 3.79. The van der Waals surface area contributed by atoms with Crippen LogP contribution in [-0.2, 0) is 6.42 Å². The molecule has 234 valence electrons. The zero-order valence-corrected chi connectivity index (χ0v) is 28.4. The summed E-state index contributed by atoms with van der Waals surface area (Å²) < 4.78 is 17.1. The van der Waals surface area contributed by atoms with Crippen molar-refractivity contribution >= 4 is 114 Å². The molecule has 4 aromatic heterocycles. The predicted molar refractivity (Wildman–Crippen MR) is 215 cm³/mol. The van der Waals surface area contributed by atoms with E-state index < -0.39 is 0 Å². The summed E-state index contributed by atoms with van der Waals surface area (Å²) in [5.41, 5.74) is 9.78. The van der Waals surface area contributed by atoms with Crippen molar-refractivity contribution in [3.8, 4) is 22.3 Å². The Hall–Kier alpha value is -5.68. The highest BCUT2D eigenvalue weighted by atomic mass is 32.1. The lowest BCUT2D eigenvalue weighted by molar-refractivity contribution is 0.668. The molecule has 7 aromatic carbocycles. The molecule has 50 heavy (non-hydrogen) atoms. The van der Waals surface area contributed by atoms with Crippen LogP contribution in [0.1, 0.15) is 16.9 Å². The maximum Gasteiger partial charge on any atom is 0.136 e. The number of rotatable bonds is 2. The molecule has 0 bridgehead atoms. The first kappa shape index (κ1) is 27.2. The van der Waals surface area contributed by atoms with Crippen LogP contribution in [-0.4, -0.2) is 0 Å². The van der Waals surface area contributed by atoms with Gasteiger partial charge in [-0.15, -0.1) is 22.7 Å². The maximum atomic E-state index is 6.55. The van der Waals surface area contributed by atoms with Gasteiger partial charge in [-0.3, -0.25) is 0 Å². The second-order valence-electron chi connectivity index (χ2n) is 13.5. The molecule has 11 aromatic rings. The molecule has 0 radical (unpaired) electrons. The molecule has 2 nitrogen and oxygen atoms in total. The van der Waals surface area contributed by atoms with E-state index in [-0.39, 0.29) is 0 Å². The van der Waals surface area contributed by atoms with Crippen molar-refractivity contribution in [2.24, 2.45) is 0 Å². The van der Waals surface area contributed by atoms with Crippen LogP contribution in [0.15, 0.2) is 136 Å². The summed E-state index contributed by atoms with van der Waals surface area (Å²) in [6.07, 6.45) is 6.89. The minimum atomic E-state index is 0.902. The highest BCUT2D eigenvalue weighted by Crippen LogP contribution is 2.44. The van der Waals surface area contributed by atoms with Crippen LogP contribution in [0.2, 0.25) is 0 Å². The molecule has 0 atom stereocenters. The van der Waals surface area contributed by atoms with Crippen LogP contribution in [0, 0.1) is 0 Å². The van der Waals surface area contributed by atoms with Gasteiger partial charge in [-0.1, -0.05) is 54.6 Å². The van der Waals surface area contributed by atoms with Gasteiger partial charge in [-0.25, -0.2) is 0 Å². The Bertz CT molecular complexity index is 3270. The quantitative estimate of drug-likeness (QED) is 0.182. The third-order valence-corrected chi connectivity index (χ3v) is 13.1. The summed E-state index contributed by atoms with van der Waals surface area (Å²) in [4.78, 5) is 1.50. The van der Waals surface area contributed by atoms with Gasteiger partial charge in [-0.2, -0.15) is 0 Å². The second-order valence-corrected chi connectivity index (χ2v) is 15.7. The first-order chi connectivity index (χ1) is 24.7. The molecule has 0 saturated heterocycles. The van der Waals surface area contributed by atoms with Gasteiger partial charge in [0.1, 0.15) is 22.3 Å². The van der Waals surface area contributed by atoms with Gasteiger partial charge < -0.3 is 8.83 Å². The monoisotopic (exact) mass is 674 g/mol. The zero-order chi connectivity index (χ0) is 32.5. The van der Waals surface area contributed by atoms with E-state index in [9.17, 15) is 0 Å². The zero-order valence-electron chi connectivity index (χ0n) is 26.7. The molecule has 0 saturated carbocycles. The third-order valence-electron chi connectivity index (χ3n) is 10.7. The lowest BCUT2D eigenvalue weighted by Gasteiger charge is -2.05. The molecule has 4 heteroatoms. The number of benzene rings is 7. The van der Waals surface area contributed by atoms with E-state index in [2.05, 4.69) is 133 Å². The van der Waals surface area contributed by atoms with Gasteiger partial charge >= 0.3 is 0 Å². The van der Waals surface area contributed by atoms with Crippen LogP contribution >= 0.6 is 22.7 Å². The number of fused-ring (bicyclic) bond motifs is 15. The minimum Gasteiger partial charge on any atom is -0.456 e. The van der Waals surface area contributed by atoms with Crippen LogP contribution in [0.3, 0.4) is 0 Å². The van der Waals surface area contributed by atoms with E-state index >= 15 is 0 Å². The number of furan rings is 2. The van der Waals surface area contributed by atoms with Gasteiger partial charge in [0.15, 0.2) is 0 Å². The Kier molecular flexibility index (Phi) is 5.41.